The number of carbonyl (C=O) groups is 6. The van der Waals surface area contributed by atoms with Crippen LogP contribution in [0.5, 0.6) is 0 Å². The molecule has 2 aliphatic rings. The van der Waals surface area contributed by atoms with E-state index in [-0.39, 0.29) is 12.1 Å². The van der Waals surface area contributed by atoms with Crippen LogP contribution < -0.4 is 10.6 Å². The van der Waals surface area contributed by atoms with E-state index < -0.39 is 66.8 Å². The Morgan fingerprint density at radius 1 is 0.771 bits per heavy atom. The Kier molecular flexibility index (Phi) is 12.4. The van der Waals surface area contributed by atoms with Gasteiger partial charge in [0.25, 0.3) is 11.8 Å². The fourth-order valence-electron chi connectivity index (χ4n) is 2.77. The lowest BCUT2D eigenvalue weighted by molar-refractivity contribution is -0.173. The molecule has 0 aliphatic carbocycles. The third-order valence-electron chi connectivity index (χ3n) is 4.47. The molecule has 0 radical (unpaired) electrons. The maximum Gasteiger partial charge on any atom is 0.345 e. The summed E-state index contributed by atoms with van der Waals surface area (Å²) in [5, 5.41) is 14.7. The van der Waals surface area contributed by atoms with Crippen LogP contribution in [0.2, 0.25) is 0 Å². The van der Waals surface area contributed by atoms with Crippen molar-refractivity contribution in [2.45, 2.75) is 57.1 Å². The molecule has 3 N–H and O–H groups in total. The first-order chi connectivity index (χ1) is 16.5. The first-order valence-corrected chi connectivity index (χ1v) is 15.4. The monoisotopic (exact) mass is 570 g/mol. The number of aliphatic carboxylic acids is 1. The van der Waals surface area contributed by atoms with Gasteiger partial charge in [-0.25, -0.2) is 4.79 Å². The van der Waals surface area contributed by atoms with Gasteiger partial charge in [-0.15, -0.1) is 0 Å². The third-order valence-corrected chi connectivity index (χ3v) is 9.59. The molecule has 3 atom stereocenters. The van der Waals surface area contributed by atoms with E-state index in [1.807, 2.05) is 0 Å². The molecule has 0 aromatic heterocycles. The molecule has 12 nitrogen and oxygen atoms in total. The minimum Gasteiger partial charge on any atom is -0.478 e. The number of esters is 3. The van der Waals surface area contributed by atoms with E-state index in [9.17, 15) is 33.9 Å². The molecule has 2 saturated heterocycles. The maximum absolute atomic E-state index is 12.4. The van der Waals surface area contributed by atoms with Gasteiger partial charge in [0, 0.05) is 42.0 Å². The third kappa shape index (κ3) is 10.8. The Labute approximate surface area is 217 Å². The van der Waals surface area contributed by atoms with E-state index in [1.165, 1.54) is 6.92 Å². The van der Waals surface area contributed by atoms with Gasteiger partial charge in [0.2, 0.25) is 6.10 Å². The molecule has 0 aromatic carbocycles. The Balaban J connectivity index is 1.87. The molecule has 2 aliphatic heterocycles. The van der Waals surface area contributed by atoms with Crippen LogP contribution in [-0.2, 0) is 43.0 Å². The number of carboxylic acid groups (broad SMARTS) is 1. The summed E-state index contributed by atoms with van der Waals surface area (Å²) in [5.41, 5.74) is 0. The zero-order valence-electron chi connectivity index (χ0n) is 18.9. The van der Waals surface area contributed by atoms with Crippen molar-refractivity contribution in [2.24, 2.45) is 0 Å². The van der Waals surface area contributed by atoms with Gasteiger partial charge >= 0.3 is 23.9 Å². The average Bonchev–Trinajstić information content (AvgIpc) is 3.46. The average molecular weight is 571 g/mol. The van der Waals surface area contributed by atoms with E-state index >= 15 is 0 Å². The number of carbonyl (C=O) groups excluding carboxylic acids is 5. The van der Waals surface area contributed by atoms with E-state index in [2.05, 4.69) is 10.6 Å². The first-order valence-electron chi connectivity index (χ1n) is 10.4. The number of nitrogens with one attached hydrogen (secondary N) is 2. The van der Waals surface area contributed by atoms with Gasteiger partial charge in [-0.3, -0.25) is 24.0 Å². The highest BCUT2D eigenvalue weighted by Crippen LogP contribution is 2.31. The van der Waals surface area contributed by atoms with E-state index in [4.69, 9.17) is 14.2 Å². The number of carboxylic acids is 1. The van der Waals surface area contributed by atoms with Crippen LogP contribution in [-0.4, -0.2) is 94.2 Å². The van der Waals surface area contributed by atoms with Gasteiger partial charge in [-0.1, -0.05) is 43.2 Å². The molecule has 0 bridgehead atoms. The van der Waals surface area contributed by atoms with Crippen molar-refractivity contribution in [3.05, 3.63) is 0 Å². The number of ether oxygens (including phenoxy) is 3. The highest BCUT2D eigenvalue weighted by atomic mass is 33.1. The van der Waals surface area contributed by atoms with Crippen LogP contribution >= 0.6 is 43.2 Å². The summed E-state index contributed by atoms with van der Waals surface area (Å²) in [6, 6.07) is -0.224. The molecule has 0 spiro atoms. The predicted octanol–water partition coefficient (Wildman–Crippen LogP) is 0.386. The second-order valence-electron chi connectivity index (χ2n) is 7.50. The normalized spacial score (nSPS) is 18.7. The molecule has 196 valence electrons. The molecular weight excluding hydrogens is 544 g/mol. The molecule has 16 heteroatoms. The van der Waals surface area contributed by atoms with Crippen LogP contribution in [0.25, 0.3) is 0 Å². The molecule has 2 fully saturated rings. The van der Waals surface area contributed by atoms with E-state index in [0.29, 0.717) is 11.5 Å². The molecule has 0 aromatic rings. The standard InChI is InChI=1S/C19H26N2O10S4/c1-9(17(25)20-11-5-32-33-6-11)29-15(23)4-14(19(27)28)31-16(24)3-13(30-10(2)22)18(26)21-12-7-34-35-8-12/h9,11-14H,3-8H2,1-2H3,(H,20,25)(H,21,26)(H,27,28). The van der Waals surface area contributed by atoms with Crippen LogP contribution in [0.15, 0.2) is 0 Å². The lowest BCUT2D eigenvalue weighted by Gasteiger charge is -2.20. The van der Waals surface area contributed by atoms with Crippen molar-refractivity contribution < 1.29 is 48.1 Å². The van der Waals surface area contributed by atoms with Gasteiger partial charge in [-0.05, 0) is 6.92 Å². The van der Waals surface area contributed by atoms with Gasteiger partial charge in [-0.2, -0.15) is 0 Å². The van der Waals surface area contributed by atoms with Crippen LogP contribution in [0.3, 0.4) is 0 Å². The SMILES string of the molecule is CC(=O)OC(CC(=O)OC(CC(=O)OC(C)C(=O)NC1CSSC1)C(=O)O)C(=O)NC1CSSC1. The van der Waals surface area contributed by atoms with E-state index in [1.54, 1.807) is 43.2 Å². The topological polar surface area (TPSA) is 174 Å². The Bertz CT molecular complexity index is 817. The Hall–Kier alpha value is -1.78. The molecule has 0 saturated carbocycles. The van der Waals surface area contributed by atoms with Crippen LogP contribution in [0.1, 0.15) is 26.7 Å². The summed E-state index contributed by atoms with van der Waals surface area (Å²) in [6.07, 6.45) is -6.21. The van der Waals surface area contributed by atoms with Crippen LogP contribution in [0.4, 0.5) is 0 Å². The van der Waals surface area contributed by atoms with Crippen molar-refractivity contribution in [1.29, 1.82) is 0 Å². The van der Waals surface area contributed by atoms with Gasteiger partial charge in [0.1, 0.15) is 0 Å². The maximum atomic E-state index is 12.4. The summed E-state index contributed by atoms with van der Waals surface area (Å²) in [6.45, 7) is 2.40. The fraction of sp³-hybridized carbons (Fsp3) is 0.684. The van der Waals surface area contributed by atoms with Gasteiger partial charge in [0.05, 0.1) is 12.8 Å². The number of hydrogen-bond donors (Lipinski definition) is 3. The summed E-state index contributed by atoms with van der Waals surface area (Å²) in [5.74, 6) is -3.16. The lowest BCUT2D eigenvalue weighted by atomic mass is 10.2. The number of hydrogen-bond acceptors (Lipinski definition) is 13. The Morgan fingerprint density at radius 3 is 1.71 bits per heavy atom. The molecule has 2 heterocycles. The Morgan fingerprint density at radius 2 is 1.23 bits per heavy atom. The molecule has 2 amide bonds. The minimum absolute atomic E-state index is 0.0556. The minimum atomic E-state index is -1.92. The van der Waals surface area contributed by atoms with Crippen molar-refractivity contribution in [2.75, 3.05) is 23.0 Å². The largest absolute Gasteiger partial charge is 0.478 e. The molecular formula is C19H26N2O10S4. The van der Waals surface area contributed by atoms with Crippen LogP contribution in [0, 0.1) is 0 Å². The summed E-state index contributed by atoms with van der Waals surface area (Å²) in [7, 11) is 6.34. The first kappa shape index (κ1) is 29.5. The van der Waals surface area contributed by atoms with Gasteiger partial charge < -0.3 is 30.0 Å². The second-order valence-corrected chi connectivity index (χ2v) is 12.6. The van der Waals surface area contributed by atoms with Crippen molar-refractivity contribution in [3.8, 4) is 0 Å². The van der Waals surface area contributed by atoms with Crippen molar-refractivity contribution in [1.82, 2.24) is 10.6 Å². The van der Waals surface area contributed by atoms with Crippen molar-refractivity contribution in [3.63, 3.8) is 0 Å². The molecule has 3 unspecified atom stereocenters. The number of rotatable bonds is 12. The summed E-state index contributed by atoms with van der Waals surface area (Å²) in [4.78, 5) is 71.9. The quantitative estimate of drug-likeness (QED) is 0.167. The molecule has 2 rings (SSSR count). The lowest BCUT2D eigenvalue weighted by Crippen LogP contribution is -2.45. The summed E-state index contributed by atoms with van der Waals surface area (Å²) < 4.78 is 14.7. The highest BCUT2D eigenvalue weighted by molar-refractivity contribution is 8.77. The van der Waals surface area contributed by atoms with E-state index in [0.717, 1.165) is 18.4 Å². The number of amides is 2. The highest BCUT2D eigenvalue weighted by Gasteiger charge is 2.33. The molecule has 35 heavy (non-hydrogen) atoms. The smallest absolute Gasteiger partial charge is 0.345 e. The zero-order chi connectivity index (χ0) is 26.0. The van der Waals surface area contributed by atoms with Gasteiger partial charge in [0.15, 0.2) is 12.2 Å². The van der Waals surface area contributed by atoms with Crippen molar-refractivity contribution >= 4 is 78.9 Å². The summed E-state index contributed by atoms with van der Waals surface area (Å²) >= 11 is 0. The fourth-order valence-corrected chi connectivity index (χ4v) is 8.04. The zero-order valence-corrected chi connectivity index (χ0v) is 22.1. The predicted molar refractivity (Wildman–Crippen MR) is 132 cm³/mol. The second kappa shape index (κ2) is 14.7.